The maximum absolute atomic E-state index is 12.4. The lowest BCUT2D eigenvalue weighted by Gasteiger charge is -2.34. The van der Waals surface area contributed by atoms with Crippen LogP contribution in [0.25, 0.3) is 0 Å². The lowest BCUT2D eigenvalue weighted by molar-refractivity contribution is -0.127. The van der Waals surface area contributed by atoms with Crippen LogP contribution in [0.4, 0.5) is 0 Å². The Kier molecular flexibility index (Phi) is 4.76. The number of amides is 1. The highest BCUT2D eigenvalue weighted by Gasteiger charge is 2.27. The summed E-state index contributed by atoms with van der Waals surface area (Å²) in [7, 11) is 0. The second-order valence-electron chi connectivity index (χ2n) is 6.79. The lowest BCUT2D eigenvalue weighted by Crippen LogP contribution is -2.45. The van der Waals surface area contributed by atoms with Gasteiger partial charge in [0.1, 0.15) is 5.82 Å². The van der Waals surface area contributed by atoms with Crippen molar-refractivity contribution in [2.24, 2.45) is 5.92 Å². The third-order valence-corrected chi connectivity index (χ3v) is 4.91. The van der Waals surface area contributed by atoms with Crippen molar-refractivity contribution in [3.8, 4) is 0 Å². The molecule has 6 heteroatoms. The minimum Gasteiger partial charge on any atom is -0.349 e. The first-order chi connectivity index (χ1) is 10.6. The molecule has 3 heterocycles. The van der Waals surface area contributed by atoms with Crippen LogP contribution in [0.3, 0.4) is 0 Å². The lowest BCUT2D eigenvalue weighted by atomic mass is 9.96. The topological polar surface area (TPSA) is 63.1 Å². The van der Waals surface area contributed by atoms with Crippen LogP contribution in [0.15, 0.2) is 0 Å². The van der Waals surface area contributed by atoms with E-state index < -0.39 is 0 Å². The molecule has 0 radical (unpaired) electrons. The number of nitrogens with one attached hydrogen (secondary N) is 1. The Labute approximate surface area is 132 Å². The molecule has 3 rings (SSSR count). The molecule has 0 aromatic carbocycles. The number of rotatable bonds is 4. The largest absolute Gasteiger partial charge is 0.349 e. The molecule has 0 unspecified atom stereocenters. The van der Waals surface area contributed by atoms with Crippen molar-refractivity contribution in [2.75, 3.05) is 13.1 Å². The van der Waals surface area contributed by atoms with Crippen LogP contribution in [-0.2, 0) is 24.3 Å². The zero-order valence-electron chi connectivity index (χ0n) is 13.7. The first-order valence-corrected chi connectivity index (χ1v) is 8.58. The van der Waals surface area contributed by atoms with Crippen LogP contribution < -0.4 is 5.32 Å². The fourth-order valence-electron chi connectivity index (χ4n) is 3.50. The molecule has 1 N–H and O–H groups in total. The molecule has 122 valence electrons. The van der Waals surface area contributed by atoms with Gasteiger partial charge in [0.15, 0.2) is 5.82 Å². The first kappa shape index (κ1) is 15.5. The fraction of sp³-hybridized carbons (Fsp3) is 0.812. The van der Waals surface area contributed by atoms with Crippen molar-refractivity contribution in [3.05, 3.63) is 11.6 Å². The van der Waals surface area contributed by atoms with Gasteiger partial charge >= 0.3 is 0 Å². The van der Waals surface area contributed by atoms with Crippen LogP contribution in [0.1, 0.15) is 51.2 Å². The zero-order chi connectivity index (χ0) is 15.5. The summed E-state index contributed by atoms with van der Waals surface area (Å²) in [5, 5.41) is 11.6. The van der Waals surface area contributed by atoms with Crippen molar-refractivity contribution < 1.29 is 4.79 Å². The van der Waals surface area contributed by atoms with E-state index in [4.69, 9.17) is 0 Å². The molecule has 0 aliphatic carbocycles. The van der Waals surface area contributed by atoms with Gasteiger partial charge in [0, 0.05) is 25.6 Å². The van der Waals surface area contributed by atoms with Crippen molar-refractivity contribution in [2.45, 2.75) is 65.1 Å². The SMILES string of the molecule is CC(C)N1CCC[C@@H](C(=O)NCc2nnc3n2CCCC3)C1. The standard InChI is InChI=1S/C16H27N5O/c1-12(2)20-8-5-6-13(11-20)16(22)17-10-15-19-18-14-7-3-4-9-21(14)15/h12-13H,3-11H2,1-2H3,(H,17,22)/t13-/m1/s1. The van der Waals surface area contributed by atoms with Crippen LogP contribution in [-0.4, -0.2) is 44.7 Å². The van der Waals surface area contributed by atoms with E-state index in [0.29, 0.717) is 12.6 Å². The Hall–Kier alpha value is -1.43. The molecule has 0 saturated carbocycles. The molecule has 1 aromatic rings. The van der Waals surface area contributed by atoms with Crippen molar-refractivity contribution in [1.82, 2.24) is 25.0 Å². The monoisotopic (exact) mass is 305 g/mol. The number of aryl methyl sites for hydroxylation is 1. The number of likely N-dealkylation sites (tertiary alicyclic amines) is 1. The summed E-state index contributed by atoms with van der Waals surface area (Å²) >= 11 is 0. The summed E-state index contributed by atoms with van der Waals surface area (Å²) in [5.74, 6) is 2.25. The number of fused-ring (bicyclic) bond motifs is 1. The molecule has 6 nitrogen and oxygen atoms in total. The van der Waals surface area contributed by atoms with Crippen LogP contribution in [0.2, 0.25) is 0 Å². The van der Waals surface area contributed by atoms with E-state index >= 15 is 0 Å². The number of hydrogen-bond acceptors (Lipinski definition) is 4. The smallest absolute Gasteiger partial charge is 0.224 e. The fourth-order valence-corrected chi connectivity index (χ4v) is 3.50. The van der Waals surface area contributed by atoms with Crippen LogP contribution in [0.5, 0.6) is 0 Å². The van der Waals surface area contributed by atoms with Crippen LogP contribution in [0, 0.1) is 5.92 Å². The van der Waals surface area contributed by atoms with Gasteiger partial charge in [-0.25, -0.2) is 0 Å². The second kappa shape index (κ2) is 6.77. The summed E-state index contributed by atoms with van der Waals surface area (Å²) in [6.45, 7) is 7.87. The molecule has 2 aliphatic heterocycles. The van der Waals surface area contributed by atoms with E-state index in [1.165, 1.54) is 12.8 Å². The van der Waals surface area contributed by atoms with Crippen molar-refractivity contribution in [3.63, 3.8) is 0 Å². The Morgan fingerprint density at radius 2 is 2.14 bits per heavy atom. The van der Waals surface area contributed by atoms with Gasteiger partial charge in [0.2, 0.25) is 5.91 Å². The predicted molar refractivity (Wildman–Crippen MR) is 84.2 cm³/mol. The predicted octanol–water partition coefficient (Wildman–Crippen LogP) is 1.35. The van der Waals surface area contributed by atoms with E-state index in [9.17, 15) is 4.79 Å². The number of nitrogens with zero attached hydrogens (tertiary/aromatic N) is 4. The van der Waals surface area contributed by atoms with Gasteiger partial charge in [0.25, 0.3) is 0 Å². The maximum Gasteiger partial charge on any atom is 0.224 e. The van der Waals surface area contributed by atoms with Gasteiger partial charge in [-0.2, -0.15) is 0 Å². The third-order valence-electron chi connectivity index (χ3n) is 4.91. The molecule has 1 fully saturated rings. The molecule has 1 atom stereocenters. The highest BCUT2D eigenvalue weighted by Crippen LogP contribution is 2.19. The Morgan fingerprint density at radius 1 is 1.27 bits per heavy atom. The highest BCUT2D eigenvalue weighted by atomic mass is 16.1. The van der Waals surface area contributed by atoms with Crippen molar-refractivity contribution >= 4 is 5.91 Å². The minimum atomic E-state index is 0.111. The van der Waals surface area contributed by atoms with Gasteiger partial charge in [0.05, 0.1) is 12.5 Å². The quantitative estimate of drug-likeness (QED) is 0.912. The summed E-state index contributed by atoms with van der Waals surface area (Å²) in [6, 6.07) is 0.513. The Morgan fingerprint density at radius 3 is 2.95 bits per heavy atom. The summed E-state index contributed by atoms with van der Waals surface area (Å²) in [5.41, 5.74) is 0. The number of carbonyl (C=O) groups is 1. The molecule has 22 heavy (non-hydrogen) atoms. The number of piperidine rings is 1. The number of aromatic nitrogens is 3. The summed E-state index contributed by atoms with van der Waals surface area (Å²) < 4.78 is 2.17. The maximum atomic E-state index is 12.4. The zero-order valence-corrected chi connectivity index (χ0v) is 13.7. The van der Waals surface area contributed by atoms with E-state index in [2.05, 4.69) is 38.8 Å². The minimum absolute atomic E-state index is 0.111. The summed E-state index contributed by atoms with van der Waals surface area (Å²) in [6.07, 6.45) is 5.48. The van der Waals surface area contributed by atoms with Gasteiger partial charge in [-0.05, 0) is 46.1 Å². The molecule has 2 aliphatic rings. The molecule has 1 amide bonds. The third kappa shape index (κ3) is 3.32. The first-order valence-electron chi connectivity index (χ1n) is 8.58. The highest BCUT2D eigenvalue weighted by molar-refractivity contribution is 5.78. The molecule has 0 bridgehead atoms. The molecule has 1 aromatic heterocycles. The molecular formula is C16H27N5O. The van der Waals surface area contributed by atoms with Crippen molar-refractivity contribution in [1.29, 1.82) is 0 Å². The van der Waals surface area contributed by atoms with E-state index in [1.54, 1.807) is 0 Å². The van der Waals surface area contributed by atoms with Gasteiger partial charge in [-0.3, -0.25) is 4.79 Å². The average Bonchev–Trinajstić information content (AvgIpc) is 2.96. The van der Waals surface area contributed by atoms with Gasteiger partial charge in [-0.1, -0.05) is 0 Å². The van der Waals surface area contributed by atoms with Gasteiger partial charge < -0.3 is 14.8 Å². The Bertz CT molecular complexity index is 525. The average molecular weight is 305 g/mol. The van der Waals surface area contributed by atoms with Gasteiger partial charge in [-0.15, -0.1) is 10.2 Å². The Balaban J connectivity index is 1.55. The van der Waals surface area contributed by atoms with E-state index in [1.807, 2.05) is 0 Å². The normalized spacial score (nSPS) is 22.6. The van der Waals surface area contributed by atoms with E-state index in [-0.39, 0.29) is 11.8 Å². The van der Waals surface area contributed by atoms with E-state index in [0.717, 1.165) is 50.5 Å². The number of hydrogen-bond donors (Lipinski definition) is 1. The molecular weight excluding hydrogens is 278 g/mol. The van der Waals surface area contributed by atoms with Crippen LogP contribution >= 0.6 is 0 Å². The summed E-state index contributed by atoms with van der Waals surface area (Å²) in [4.78, 5) is 14.8. The molecule has 1 saturated heterocycles. The number of carbonyl (C=O) groups excluding carboxylic acids is 1. The second-order valence-corrected chi connectivity index (χ2v) is 6.79. The molecule has 0 spiro atoms.